The van der Waals surface area contributed by atoms with E-state index in [2.05, 4.69) is 158 Å². The van der Waals surface area contributed by atoms with Crippen LogP contribution in [0, 0.1) is 0 Å². The first kappa shape index (κ1) is 32.8. The number of para-hydroxylation sites is 1. The Kier molecular flexibility index (Phi) is 6.21. The number of hydrogen-bond donors (Lipinski definition) is 0. The first-order valence-corrected chi connectivity index (χ1v) is 21.5. The molecule has 0 amide bonds. The van der Waals surface area contributed by atoms with E-state index in [1.165, 1.54) is 69.8 Å². The first-order chi connectivity index (χ1) is 29.4. The van der Waals surface area contributed by atoms with Crippen LogP contribution >= 0.6 is 11.3 Å². The van der Waals surface area contributed by atoms with Crippen molar-refractivity contribution in [1.82, 2.24) is 9.55 Å². The maximum absolute atomic E-state index is 6.64. The van der Waals surface area contributed by atoms with Crippen molar-refractivity contribution in [3.05, 3.63) is 157 Å². The number of anilines is 2. The van der Waals surface area contributed by atoms with Crippen LogP contribution in [0.15, 0.2) is 160 Å². The van der Waals surface area contributed by atoms with Gasteiger partial charge >= 0.3 is 6.85 Å². The molecule has 0 unspecified atom stereocenters. The van der Waals surface area contributed by atoms with Gasteiger partial charge < -0.3 is 18.2 Å². The van der Waals surface area contributed by atoms with Gasteiger partial charge in [-0.25, -0.2) is 4.98 Å². The summed E-state index contributed by atoms with van der Waals surface area (Å²) in [5.41, 5.74) is 16.4. The molecular weight excluding hydrogens is 753 g/mol. The fourth-order valence-electron chi connectivity index (χ4n) is 10.4. The van der Waals surface area contributed by atoms with Gasteiger partial charge in [0.1, 0.15) is 16.7 Å². The summed E-state index contributed by atoms with van der Waals surface area (Å²) in [5.74, 6) is 0.619. The monoisotopic (exact) mass is 787 g/mol. The summed E-state index contributed by atoms with van der Waals surface area (Å²) in [6.45, 7) is 6.70. The molecule has 5 nitrogen and oxygen atoms in total. The molecule has 0 saturated heterocycles. The lowest BCUT2D eigenvalue weighted by Gasteiger charge is -2.42. The van der Waals surface area contributed by atoms with E-state index < -0.39 is 0 Å². The van der Waals surface area contributed by atoms with Gasteiger partial charge in [-0.15, -0.1) is 11.3 Å². The number of thiophene rings is 1. The number of furan rings is 1. The predicted molar refractivity (Wildman–Crippen MR) is 252 cm³/mol. The van der Waals surface area contributed by atoms with Crippen molar-refractivity contribution >= 4 is 116 Å². The van der Waals surface area contributed by atoms with Gasteiger partial charge in [-0.2, -0.15) is 0 Å². The molecule has 60 heavy (non-hydrogen) atoms. The summed E-state index contributed by atoms with van der Waals surface area (Å²) >= 11 is 1.87. The molecule has 12 aromatic rings. The summed E-state index contributed by atoms with van der Waals surface area (Å²) in [6.07, 6.45) is 0. The number of rotatable bonds is 2. The van der Waals surface area contributed by atoms with E-state index in [4.69, 9.17) is 13.8 Å². The number of benzene rings is 8. The summed E-state index contributed by atoms with van der Waals surface area (Å²) in [6, 6.07) is 55.5. The first-order valence-electron chi connectivity index (χ1n) is 20.6. The Morgan fingerprint density at radius 1 is 0.567 bits per heavy atom. The minimum absolute atomic E-state index is 0.0260. The molecule has 0 aliphatic carbocycles. The van der Waals surface area contributed by atoms with Crippen molar-refractivity contribution in [2.45, 2.75) is 26.2 Å². The van der Waals surface area contributed by atoms with Crippen LogP contribution in [0.5, 0.6) is 0 Å². The Morgan fingerprint density at radius 3 is 2.22 bits per heavy atom. The fourth-order valence-corrected chi connectivity index (χ4v) is 11.5. The lowest BCUT2D eigenvalue weighted by molar-refractivity contribution is 0.590. The standard InChI is InChI=1S/C53H34BN3O2S/c1-53(2,3)30-17-19-31(20-18-30)57-43-28-49-39(33-14-8-10-16-48(33)60-49)24-36(43)34-21-22-35-37-23-38-32-13-7-9-15-45(32)58-46(38)26-42(37)56-44-27-47-41(25-40(44)54(57)50(34)51(35)56)55-52(59-47)29-11-5-4-6-12-29/h4-28H,1-3H3. The van der Waals surface area contributed by atoms with Crippen molar-refractivity contribution in [1.29, 1.82) is 0 Å². The van der Waals surface area contributed by atoms with Gasteiger partial charge in [-0.05, 0) is 88.1 Å². The molecule has 0 radical (unpaired) electrons. The molecule has 4 aromatic heterocycles. The Bertz CT molecular complexity index is 3830. The minimum Gasteiger partial charge on any atom is -0.456 e. The summed E-state index contributed by atoms with van der Waals surface area (Å²) in [4.78, 5) is 7.77. The van der Waals surface area contributed by atoms with E-state index in [1.54, 1.807) is 0 Å². The molecule has 0 fully saturated rings. The Labute approximate surface area is 348 Å². The Hall–Kier alpha value is -7.09. The third-order valence-corrected chi connectivity index (χ3v) is 14.3. The maximum Gasteiger partial charge on any atom is 0.333 e. The van der Waals surface area contributed by atoms with E-state index in [9.17, 15) is 0 Å². The molecule has 14 rings (SSSR count). The van der Waals surface area contributed by atoms with E-state index >= 15 is 0 Å². The molecule has 2 aliphatic heterocycles. The minimum atomic E-state index is -0.152. The van der Waals surface area contributed by atoms with Crippen LogP contribution in [0.1, 0.15) is 26.3 Å². The van der Waals surface area contributed by atoms with E-state index in [-0.39, 0.29) is 12.3 Å². The highest BCUT2D eigenvalue weighted by Crippen LogP contribution is 2.49. The highest BCUT2D eigenvalue weighted by Gasteiger charge is 2.44. The van der Waals surface area contributed by atoms with Crippen LogP contribution in [0.25, 0.3) is 103 Å². The second-order valence-corrected chi connectivity index (χ2v) is 18.6. The van der Waals surface area contributed by atoms with Crippen molar-refractivity contribution in [2.75, 3.05) is 4.81 Å². The van der Waals surface area contributed by atoms with Gasteiger partial charge in [0, 0.05) is 82.0 Å². The van der Waals surface area contributed by atoms with Crippen molar-refractivity contribution in [3.8, 4) is 28.3 Å². The van der Waals surface area contributed by atoms with E-state index in [1.807, 2.05) is 35.6 Å². The predicted octanol–water partition coefficient (Wildman–Crippen LogP) is 13.4. The van der Waals surface area contributed by atoms with Crippen molar-refractivity contribution in [3.63, 3.8) is 0 Å². The zero-order valence-corrected chi connectivity index (χ0v) is 33.9. The molecule has 0 bridgehead atoms. The van der Waals surface area contributed by atoms with Gasteiger partial charge in [0.2, 0.25) is 5.89 Å². The molecule has 6 heterocycles. The maximum atomic E-state index is 6.64. The zero-order valence-electron chi connectivity index (χ0n) is 33.1. The van der Waals surface area contributed by atoms with Gasteiger partial charge in [-0.1, -0.05) is 99.6 Å². The second kappa shape index (κ2) is 11.3. The molecular formula is C53H34BN3O2S. The largest absolute Gasteiger partial charge is 0.456 e. The smallest absolute Gasteiger partial charge is 0.333 e. The average Bonchev–Trinajstić information content (AvgIpc) is 4.04. The number of oxazole rings is 1. The van der Waals surface area contributed by atoms with E-state index in [0.717, 1.165) is 55.5 Å². The van der Waals surface area contributed by atoms with Crippen LogP contribution in [0.3, 0.4) is 0 Å². The molecule has 0 atom stereocenters. The molecule has 7 heteroatoms. The quantitative estimate of drug-likeness (QED) is 0.164. The van der Waals surface area contributed by atoms with Crippen LogP contribution in [-0.4, -0.2) is 16.4 Å². The topological polar surface area (TPSA) is 47.3 Å². The van der Waals surface area contributed by atoms with E-state index in [0.29, 0.717) is 5.89 Å². The zero-order chi connectivity index (χ0) is 39.6. The molecule has 0 N–H and O–H groups in total. The Balaban J connectivity index is 1.14. The van der Waals surface area contributed by atoms with Gasteiger partial charge in [-0.3, -0.25) is 0 Å². The molecule has 282 valence electrons. The second-order valence-electron chi connectivity index (χ2n) is 17.5. The fraction of sp³-hybridized carbons (Fsp3) is 0.0755. The third kappa shape index (κ3) is 4.29. The summed E-state index contributed by atoms with van der Waals surface area (Å²) in [7, 11) is 0. The van der Waals surface area contributed by atoms with Gasteiger partial charge in [0.15, 0.2) is 5.58 Å². The summed E-state index contributed by atoms with van der Waals surface area (Å²) in [5, 5.41) is 7.28. The molecule has 8 aromatic carbocycles. The van der Waals surface area contributed by atoms with Crippen LogP contribution in [0.2, 0.25) is 0 Å². The number of aromatic nitrogens is 2. The number of nitrogens with zero attached hydrogens (tertiary/aromatic N) is 3. The van der Waals surface area contributed by atoms with Crippen LogP contribution in [-0.2, 0) is 5.41 Å². The highest BCUT2D eigenvalue weighted by molar-refractivity contribution is 7.25. The molecule has 0 spiro atoms. The van der Waals surface area contributed by atoms with Crippen LogP contribution < -0.4 is 15.7 Å². The SMILES string of the molecule is CC(C)(C)c1ccc(N2B3c4cc5nc(-c6ccccc6)oc5cc4-n4c5cc6oc7ccccc7c6cc5c5ccc(c3c54)-c3cc4c(cc32)sc2ccccc24)cc1. The normalized spacial score (nSPS) is 13.5. The van der Waals surface area contributed by atoms with Gasteiger partial charge in [0.25, 0.3) is 0 Å². The van der Waals surface area contributed by atoms with Crippen molar-refractivity contribution < 1.29 is 8.83 Å². The number of hydrogen-bond acceptors (Lipinski definition) is 5. The van der Waals surface area contributed by atoms with Gasteiger partial charge in [0.05, 0.1) is 11.0 Å². The lowest BCUT2D eigenvalue weighted by atomic mass is 9.44. The third-order valence-electron chi connectivity index (χ3n) is 13.1. The van der Waals surface area contributed by atoms with Crippen LogP contribution in [0.4, 0.5) is 11.4 Å². The number of fused-ring (bicyclic) bond motifs is 15. The summed E-state index contributed by atoms with van der Waals surface area (Å²) < 4.78 is 18.3. The Morgan fingerprint density at radius 2 is 1.37 bits per heavy atom. The lowest BCUT2D eigenvalue weighted by Crippen LogP contribution is -2.60. The highest BCUT2D eigenvalue weighted by atomic mass is 32.1. The molecule has 2 aliphatic rings. The molecule has 0 saturated carbocycles. The average molecular weight is 788 g/mol. The van der Waals surface area contributed by atoms with Crippen molar-refractivity contribution in [2.24, 2.45) is 0 Å².